The summed E-state index contributed by atoms with van der Waals surface area (Å²) in [6.45, 7) is 0.792. The number of hydrogen-bond acceptors (Lipinski definition) is 4. The van der Waals surface area contributed by atoms with E-state index in [2.05, 4.69) is 10.0 Å². The Labute approximate surface area is 108 Å². The van der Waals surface area contributed by atoms with E-state index >= 15 is 0 Å². The molecule has 100 valence electrons. The van der Waals surface area contributed by atoms with Gasteiger partial charge in [-0.05, 0) is 37.6 Å². The van der Waals surface area contributed by atoms with Crippen molar-refractivity contribution in [1.82, 2.24) is 4.72 Å². The number of rotatable bonds is 6. The molecule has 0 heterocycles. The first kappa shape index (κ1) is 13.2. The molecule has 0 radical (unpaired) electrons. The molecule has 0 aromatic heterocycles. The maximum atomic E-state index is 11.9. The first-order chi connectivity index (χ1) is 8.53. The van der Waals surface area contributed by atoms with Gasteiger partial charge in [-0.15, -0.1) is 0 Å². The molecule has 6 heteroatoms. The van der Waals surface area contributed by atoms with Crippen molar-refractivity contribution >= 4 is 21.4 Å². The van der Waals surface area contributed by atoms with Crippen LogP contribution in [0.1, 0.15) is 19.3 Å². The van der Waals surface area contributed by atoms with Gasteiger partial charge in [0, 0.05) is 12.2 Å². The van der Waals surface area contributed by atoms with E-state index in [0.717, 1.165) is 18.9 Å². The van der Waals surface area contributed by atoms with Crippen molar-refractivity contribution in [2.75, 3.05) is 24.6 Å². The number of hydrogen-bond donors (Lipinski definition) is 3. The lowest BCUT2D eigenvalue weighted by Gasteiger charge is -2.12. The van der Waals surface area contributed by atoms with E-state index in [4.69, 9.17) is 5.73 Å². The third kappa shape index (κ3) is 3.14. The number of sulfonamides is 1. The molecule has 0 amide bonds. The van der Waals surface area contributed by atoms with Gasteiger partial charge >= 0.3 is 0 Å². The Balaban J connectivity index is 2.16. The SMILES string of the molecule is CNS(=O)(=O)c1cc(N)ccc1NCCC1CC1. The van der Waals surface area contributed by atoms with E-state index in [1.165, 1.54) is 26.0 Å². The monoisotopic (exact) mass is 269 g/mol. The Hall–Kier alpha value is -1.27. The van der Waals surface area contributed by atoms with Crippen molar-refractivity contribution in [1.29, 1.82) is 0 Å². The zero-order valence-corrected chi connectivity index (χ0v) is 11.3. The molecule has 0 aliphatic heterocycles. The van der Waals surface area contributed by atoms with Crippen molar-refractivity contribution in [3.8, 4) is 0 Å². The summed E-state index contributed by atoms with van der Waals surface area (Å²) in [6, 6.07) is 4.89. The van der Waals surface area contributed by atoms with Gasteiger partial charge in [0.05, 0.1) is 5.69 Å². The summed E-state index contributed by atoms with van der Waals surface area (Å²) in [7, 11) is -2.08. The molecule has 2 rings (SSSR count). The van der Waals surface area contributed by atoms with Crippen LogP contribution in [-0.2, 0) is 10.0 Å². The molecule has 1 aliphatic rings. The molecular formula is C12H19N3O2S. The van der Waals surface area contributed by atoms with E-state index in [1.54, 1.807) is 12.1 Å². The summed E-state index contributed by atoms with van der Waals surface area (Å²) < 4.78 is 26.1. The Morgan fingerprint density at radius 2 is 2.11 bits per heavy atom. The summed E-state index contributed by atoms with van der Waals surface area (Å²) in [5.74, 6) is 0.815. The molecule has 1 aliphatic carbocycles. The van der Waals surface area contributed by atoms with Crippen LogP contribution in [0.25, 0.3) is 0 Å². The zero-order valence-electron chi connectivity index (χ0n) is 10.4. The van der Waals surface area contributed by atoms with E-state index in [0.29, 0.717) is 11.4 Å². The molecule has 1 saturated carbocycles. The average Bonchev–Trinajstić information content (AvgIpc) is 3.15. The van der Waals surface area contributed by atoms with E-state index < -0.39 is 10.0 Å². The van der Waals surface area contributed by atoms with E-state index in [-0.39, 0.29) is 4.90 Å². The molecule has 0 bridgehead atoms. The summed E-state index contributed by atoms with van der Waals surface area (Å²) >= 11 is 0. The first-order valence-electron chi connectivity index (χ1n) is 6.10. The molecule has 4 N–H and O–H groups in total. The Morgan fingerprint density at radius 1 is 1.39 bits per heavy atom. The highest BCUT2D eigenvalue weighted by Gasteiger charge is 2.21. The fraction of sp³-hybridized carbons (Fsp3) is 0.500. The van der Waals surface area contributed by atoms with Gasteiger partial charge in [-0.25, -0.2) is 13.1 Å². The lowest BCUT2D eigenvalue weighted by atomic mass is 10.2. The lowest BCUT2D eigenvalue weighted by Crippen LogP contribution is -2.20. The molecule has 0 atom stereocenters. The summed E-state index contributed by atoms with van der Waals surface area (Å²) in [4.78, 5) is 0.209. The maximum Gasteiger partial charge on any atom is 0.242 e. The molecule has 0 saturated heterocycles. The third-order valence-electron chi connectivity index (χ3n) is 3.13. The van der Waals surface area contributed by atoms with E-state index in [1.807, 2.05) is 0 Å². The van der Waals surface area contributed by atoms with Gasteiger partial charge in [0.15, 0.2) is 0 Å². The van der Waals surface area contributed by atoms with Crippen LogP contribution in [-0.4, -0.2) is 22.0 Å². The van der Waals surface area contributed by atoms with Crippen LogP contribution >= 0.6 is 0 Å². The van der Waals surface area contributed by atoms with Crippen LogP contribution in [0.15, 0.2) is 23.1 Å². The highest BCUT2D eigenvalue weighted by molar-refractivity contribution is 7.89. The van der Waals surface area contributed by atoms with Crippen molar-refractivity contribution in [3.63, 3.8) is 0 Å². The first-order valence-corrected chi connectivity index (χ1v) is 7.58. The fourth-order valence-electron chi connectivity index (χ4n) is 1.83. The van der Waals surface area contributed by atoms with E-state index in [9.17, 15) is 8.42 Å². The average molecular weight is 269 g/mol. The minimum atomic E-state index is -3.48. The summed E-state index contributed by atoms with van der Waals surface area (Å²) in [5, 5.41) is 3.18. The summed E-state index contributed by atoms with van der Waals surface area (Å²) in [6.07, 6.45) is 3.68. The standard InChI is InChI=1S/C12H19N3O2S/c1-14-18(16,17)12-8-10(13)4-5-11(12)15-7-6-9-2-3-9/h4-5,8-9,14-15H,2-3,6-7,13H2,1H3. The number of benzene rings is 1. The highest BCUT2D eigenvalue weighted by atomic mass is 32.2. The zero-order chi connectivity index (χ0) is 13.2. The van der Waals surface area contributed by atoms with Gasteiger partial charge in [-0.2, -0.15) is 0 Å². The Morgan fingerprint density at radius 3 is 2.72 bits per heavy atom. The second kappa shape index (κ2) is 5.16. The molecule has 5 nitrogen and oxygen atoms in total. The van der Waals surface area contributed by atoms with Crippen LogP contribution in [0.2, 0.25) is 0 Å². The Kier molecular flexibility index (Phi) is 3.77. The second-order valence-electron chi connectivity index (χ2n) is 4.62. The van der Waals surface area contributed by atoms with Crippen LogP contribution in [0.4, 0.5) is 11.4 Å². The normalized spacial score (nSPS) is 15.6. The van der Waals surface area contributed by atoms with Crippen LogP contribution < -0.4 is 15.8 Å². The van der Waals surface area contributed by atoms with Gasteiger partial charge in [0.1, 0.15) is 4.90 Å². The lowest BCUT2D eigenvalue weighted by molar-refractivity contribution is 0.588. The number of anilines is 2. The molecule has 0 spiro atoms. The topological polar surface area (TPSA) is 84.2 Å². The van der Waals surface area contributed by atoms with Crippen LogP contribution in [0.5, 0.6) is 0 Å². The maximum absolute atomic E-state index is 11.9. The molecule has 1 aromatic rings. The van der Waals surface area contributed by atoms with Gasteiger partial charge in [-0.1, -0.05) is 12.8 Å². The Bertz CT molecular complexity index is 524. The minimum Gasteiger partial charge on any atom is -0.399 e. The van der Waals surface area contributed by atoms with Crippen molar-refractivity contribution in [3.05, 3.63) is 18.2 Å². The number of nitrogen functional groups attached to an aromatic ring is 1. The minimum absolute atomic E-state index is 0.209. The quantitative estimate of drug-likeness (QED) is 0.681. The number of nitrogens with one attached hydrogen (secondary N) is 2. The summed E-state index contributed by atoms with van der Waals surface area (Å²) in [5.41, 5.74) is 6.70. The molecule has 1 fully saturated rings. The van der Waals surface area contributed by atoms with Crippen molar-refractivity contribution in [2.24, 2.45) is 5.92 Å². The van der Waals surface area contributed by atoms with Crippen molar-refractivity contribution in [2.45, 2.75) is 24.2 Å². The predicted molar refractivity (Wildman–Crippen MR) is 72.9 cm³/mol. The fourth-order valence-corrected chi connectivity index (χ4v) is 2.78. The van der Waals surface area contributed by atoms with Gasteiger partial charge in [-0.3, -0.25) is 0 Å². The van der Waals surface area contributed by atoms with Gasteiger partial charge in [0.25, 0.3) is 0 Å². The molecular weight excluding hydrogens is 250 g/mol. The second-order valence-corrected chi connectivity index (χ2v) is 6.48. The largest absolute Gasteiger partial charge is 0.399 e. The smallest absolute Gasteiger partial charge is 0.242 e. The highest BCUT2D eigenvalue weighted by Crippen LogP contribution is 2.32. The number of nitrogens with two attached hydrogens (primary N) is 1. The predicted octanol–water partition coefficient (Wildman–Crippen LogP) is 1.39. The van der Waals surface area contributed by atoms with Crippen LogP contribution in [0, 0.1) is 5.92 Å². The molecule has 1 aromatic carbocycles. The van der Waals surface area contributed by atoms with Crippen LogP contribution in [0.3, 0.4) is 0 Å². The van der Waals surface area contributed by atoms with Gasteiger partial charge < -0.3 is 11.1 Å². The third-order valence-corrected chi connectivity index (χ3v) is 4.58. The van der Waals surface area contributed by atoms with Crippen molar-refractivity contribution < 1.29 is 8.42 Å². The van der Waals surface area contributed by atoms with Gasteiger partial charge in [0.2, 0.25) is 10.0 Å². The molecule has 0 unspecified atom stereocenters. The molecule has 18 heavy (non-hydrogen) atoms.